The van der Waals surface area contributed by atoms with Gasteiger partial charge in [-0.1, -0.05) is 30.4 Å². The number of likely N-dealkylation sites (N-methyl/N-ethyl adjacent to an activating group) is 1. The number of hydrogen-bond donors (Lipinski definition) is 1. The first-order chi connectivity index (χ1) is 11.3. The van der Waals surface area contributed by atoms with Gasteiger partial charge >= 0.3 is 6.36 Å². The third-order valence-corrected chi connectivity index (χ3v) is 3.91. The molecule has 2 aliphatic rings. The highest BCUT2D eigenvalue weighted by molar-refractivity contribution is 5.55. The second kappa shape index (κ2) is 6.11. The van der Waals surface area contributed by atoms with Crippen molar-refractivity contribution in [1.82, 2.24) is 4.90 Å². The molecule has 1 aliphatic heterocycles. The summed E-state index contributed by atoms with van der Waals surface area (Å²) >= 11 is 0. The number of fused-ring (bicyclic) bond motifs is 1. The quantitative estimate of drug-likeness (QED) is 0.875. The number of alkyl halides is 3. The Hall–Kier alpha value is -2.63. The SMILES string of the molecule is CC1=C(Nc2ccc(OC(F)(F)F)cc2)N(C)C2C=CC=CC2=C1. The first-order valence-corrected chi connectivity index (χ1v) is 7.46. The van der Waals surface area contributed by atoms with Crippen molar-refractivity contribution in [3.63, 3.8) is 0 Å². The van der Waals surface area contributed by atoms with Crippen LogP contribution in [0.3, 0.4) is 0 Å². The molecule has 1 heterocycles. The fourth-order valence-corrected chi connectivity index (χ4v) is 2.83. The van der Waals surface area contributed by atoms with Crippen LogP contribution in [0, 0.1) is 0 Å². The molecule has 1 atom stereocenters. The van der Waals surface area contributed by atoms with E-state index in [9.17, 15) is 13.2 Å². The van der Waals surface area contributed by atoms with Gasteiger partial charge in [0, 0.05) is 12.7 Å². The van der Waals surface area contributed by atoms with Crippen molar-refractivity contribution in [3.8, 4) is 5.75 Å². The molecule has 0 saturated heterocycles. The summed E-state index contributed by atoms with van der Waals surface area (Å²) in [4.78, 5) is 2.10. The highest BCUT2D eigenvalue weighted by Crippen LogP contribution is 2.30. The van der Waals surface area contributed by atoms with Gasteiger partial charge in [0.2, 0.25) is 0 Å². The summed E-state index contributed by atoms with van der Waals surface area (Å²) in [5.74, 6) is 0.673. The topological polar surface area (TPSA) is 24.5 Å². The first kappa shape index (κ1) is 16.2. The largest absolute Gasteiger partial charge is 0.573 e. The zero-order chi connectivity index (χ0) is 17.3. The van der Waals surface area contributed by atoms with Crippen LogP contribution >= 0.6 is 0 Å². The van der Waals surface area contributed by atoms with Gasteiger partial charge in [0.25, 0.3) is 0 Å². The Bertz CT molecular complexity index is 743. The molecule has 1 N–H and O–H groups in total. The fourth-order valence-electron chi connectivity index (χ4n) is 2.83. The van der Waals surface area contributed by atoms with Crippen LogP contribution in [-0.2, 0) is 0 Å². The second-order valence-corrected chi connectivity index (χ2v) is 5.67. The molecule has 6 heteroatoms. The molecule has 3 nitrogen and oxygen atoms in total. The summed E-state index contributed by atoms with van der Waals surface area (Å²) in [5, 5.41) is 3.27. The molecule has 0 spiro atoms. The molecule has 1 unspecified atom stereocenters. The van der Waals surface area contributed by atoms with Crippen LogP contribution in [0.1, 0.15) is 6.92 Å². The van der Waals surface area contributed by atoms with Gasteiger partial charge in [-0.05, 0) is 42.3 Å². The lowest BCUT2D eigenvalue weighted by Crippen LogP contribution is -2.37. The van der Waals surface area contributed by atoms with Crippen molar-refractivity contribution in [1.29, 1.82) is 0 Å². The summed E-state index contributed by atoms with van der Waals surface area (Å²) in [6, 6.07) is 5.85. The average Bonchev–Trinajstić information content (AvgIpc) is 2.51. The van der Waals surface area contributed by atoms with Crippen molar-refractivity contribution in [2.75, 3.05) is 12.4 Å². The lowest BCUT2D eigenvalue weighted by Gasteiger charge is -2.36. The van der Waals surface area contributed by atoms with Gasteiger partial charge in [-0.15, -0.1) is 13.2 Å². The lowest BCUT2D eigenvalue weighted by molar-refractivity contribution is -0.274. The van der Waals surface area contributed by atoms with Crippen molar-refractivity contribution >= 4 is 5.69 Å². The monoisotopic (exact) mass is 334 g/mol. The molecule has 0 bridgehead atoms. The zero-order valence-electron chi connectivity index (χ0n) is 13.3. The van der Waals surface area contributed by atoms with Crippen molar-refractivity contribution in [2.24, 2.45) is 0 Å². The van der Waals surface area contributed by atoms with E-state index < -0.39 is 6.36 Å². The van der Waals surface area contributed by atoms with E-state index in [1.54, 1.807) is 12.1 Å². The number of benzene rings is 1. The van der Waals surface area contributed by atoms with Gasteiger partial charge in [0.15, 0.2) is 0 Å². The van der Waals surface area contributed by atoms with Gasteiger partial charge in [0.1, 0.15) is 11.6 Å². The van der Waals surface area contributed by atoms with Gasteiger partial charge in [-0.25, -0.2) is 0 Å². The Labute approximate surface area is 138 Å². The molecular weight excluding hydrogens is 317 g/mol. The number of nitrogens with one attached hydrogen (secondary N) is 1. The van der Waals surface area contributed by atoms with E-state index in [2.05, 4.69) is 33.2 Å². The third-order valence-electron chi connectivity index (χ3n) is 3.91. The van der Waals surface area contributed by atoms with Crippen molar-refractivity contribution in [2.45, 2.75) is 19.3 Å². The minimum atomic E-state index is -4.68. The molecule has 0 fully saturated rings. The maximum Gasteiger partial charge on any atom is 0.573 e. The van der Waals surface area contributed by atoms with E-state index in [-0.39, 0.29) is 11.8 Å². The van der Waals surface area contributed by atoms with Crippen LogP contribution in [0.5, 0.6) is 5.75 Å². The molecule has 1 aromatic rings. The van der Waals surface area contributed by atoms with E-state index in [1.165, 1.54) is 17.7 Å². The zero-order valence-corrected chi connectivity index (χ0v) is 13.3. The Morgan fingerprint density at radius 3 is 2.50 bits per heavy atom. The standard InChI is InChI=1S/C18H17F3N2O/c1-12-11-13-5-3-4-6-16(13)23(2)17(12)22-14-7-9-15(10-8-14)24-18(19,20)21/h3-11,16,22H,1-2H3. The molecule has 3 rings (SSSR count). The first-order valence-electron chi connectivity index (χ1n) is 7.46. The Morgan fingerprint density at radius 1 is 1.12 bits per heavy atom. The van der Waals surface area contributed by atoms with E-state index in [0.29, 0.717) is 5.69 Å². The second-order valence-electron chi connectivity index (χ2n) is 5.67. The molecule has 0 saturated carbocycles. The summed E-state index contributed by atoms with van der Waals surface area (Å²) in [5.41, 5.74) is 2.95. The molecule has 24 heavy (non-hydrogen) atoms. The Balaban J connectivity index is 1.79. The van der Waals surface area contributed by atoms with E-state index in [1.807, 2.05) is 26.1 Å². The highest BCUT2D eigenvalue weighted by Gasteiger charge is 2.31. The number of nitrogens with zero attached hydrogens (tertiary/aromatic N) is 1. The Morgan fingerprint density at radius 2 is 1.83 bits per heavy atom. The molecule has 0 radical (unpaired) electrons. The Kier molecular flexibility index (Phi) is 4.13. The van der Waals surface area contributed by atoms with Gasteiger partial charge in [0.05, 0.1) is 6.04 Å². The third kappa shape index (κ3) is 3.48. The van der Waals surface area contributed by atoms with Gasteiger partial charge in [-0.2, -0.15) is 0 Å². The predicted molar refractivity (Wildman–Crippen MR) is 87.4 cm³/mol. The van der Waals surface area contributed by atoms with E-state index in [0.717, 1.165) is 11.4 Å². The maximum absolute atomic E-state index is 12.2. The van der Waals surface area contributed by atoms with Gasteiger partial charge < -0.3 is 15.0 Å². The van der Waals surface area contributed by atoms with Crippen LogP contribution < -0.4 is 10.1 Å². The minimum Gasteiger partial charge on any atom is -0.406 e. The summed E-state index contributed by atoms with van der Waals surface area (Å²) in [6.45, 7) is 2.00. The number of rotatable bonds is 3. The lowest BCUT2D eigenvalue weighted by atomic mass is 9.95. The number of ether oxygens (including phenoxy) is 1. The summed E-state index contributed by atoms with van der Waals surface area (Å²) in [7, 11) is 1.98. The number of halogens is 3. The summed E-state index contributed by atoms with van der Waals surface area (Å²) < 4.78 is 40.5. The number of hydrogen-bond acceptors (Lipinski definition) is 3. The molecule has 126 valence electrons. The molecule has 0 aromatic heterocycles. The van der Waals surface area contributed by atoms with Gasteiger partial charge in [-0.3, -0.25) is 0 Å². The smallest absolute Gasteiger partial charge is 0.406 e. The van der Waals surface area contributed by atoms with Crippen LogP contribution in [0.2, 0.25) is 0 Å². The predicted octanol–water partition coefficient (Wildman–Crippen LogP) is 4.60. The van der Waals surface area contributed by atoms with Crippen LogP contribution in [0.25, 0.3) is 0 Å². The fraction of sp³-hybridized carbons (Fsp3) is 0.222. The molecule has 1 aliphatic carbocycles. The van der Waals surface area contributed by atoms with Crippen molar-refractivity contribution in [3.05, 3.63) is 71.6 Å². The van der Waals surface area contributed by atoms with Crippen molar-refractivity contribution < 1.29 is 17.9 Å². The summed E-state index contributed by atoms with van der Waals surface area (Å²) in [6.07, 6.45) is 5.60. The maximum atomic E-state index is 12.2. The van der Waals surface area contributed by atoms with Crippen LogP contribution in [-0.4, -0.2) is 24.4 Å². The van der Waals surface area contributed by atoms with E-state index in [4.69, 9.17) is 0 Å². The average molecular weight is 334 g/mol. The van der Waals surface area contributed by atoms with Crippen LogP contribution in [0.4, 0.5) is 18.9 Å². The molecule has 1 aromatic carbocycles. The van der Waals surface area contributed by atoms with E-state index >= 15 is 0 Å². The normalized spacial score (nSPS) is 20.0. The molecular formula is C18H17F3N2O. The number of allylic oxidation sites excluding steroid dienone is 4. The molecule has 0 amide bonds. The highest BCUT2D eigenvalue weighted by atomic mass is 19.4. The van der Waals surface area contributed by atoms with Crippen LogP contribution in [0.15, 0.2) is 71.6 Å². The minimum absolute atomic E-state index is 0.147. The number of anilines is 1.